The summed E-state index contributed by atoms with van der Waals surface area (Å²) in [6.07, 6.45) is 0.124. The molecule has 0 saturated carbocycles. The number of amides is 2. The van der Waals surface area contributed by atoms with Crippen molar-refractivity contribution < 1.29 is 29.0 Å². The molecule has 2 amide bonds. The highest BCUT2D eigenvalue weighted by Crippen LogP contribution is 2.11. The van der Waals surface area contributed by atoms with Gasteiger partial charge in [0.25, 0.3) is 5.91 Å². The van der Waals surface area contributed by atoms with Crippen LogP contribution in [0.15, 0.2) is 0 Å². The second-order valence-corrected chi connectivity index (χ2v) is 8.07. The zero-order valence-corrected chi connectivity index (χ0v) is 22.2. The van der Waals surface area contributed by atoms with Crippen LogP contribution < -0.4 is 16.0 Å². The molecule has 0 aliphatic carbocycles. The second kappa shape index (κ2) is 18.8. The van der Waals surface area contributed by atoms with Crippen LogP contribution in [0.1, 0.15) is 82.1 Å². The summed E-state index contributed by atoms with van der Waals surface area (Å²) in [4.78, 5) is 34.9. The molecule has 9 nitrogen and oxygen atoms in total. The largest absolute Gasteiger partial charge is 0.481 e. The third kappa shape index (κ3) is 17.9. The van der Waals surface area contributed by atoms with Gasteiger partial charge in [0.2, 0.25) is 5.91 Å². The number of hydrogen-bond acceptors (Lipinski definition) is 6. The number of ether oxygens (including phenoxy) is 2. The van der Waals surface area contributed by atoms with E-state index in [1.165, 1.54) is 0 Å². The van der Waals surface area contributed by atoms with Crippen LogP contribution in [-0.2, 0) is 23.9 Å². The van der Waals surface area contributed by atoms with Crippen molar-refractivity contribution in [1.29, 1.82) is 0 Å². The highest BCUT2D eigenvalue weighted by atomic mass is 16.5. The molecule has 0 aliphatic rings. The monoisotopic (exact) mass is 463 g/mol. The Morgan fingerprint density at radius 3 is 1.88 bits per heavy atom. The molecule has 32 heavy (non-hydrogen) atoms. The lowest BCUT2D eigenvalue weighted by Crippen LogP contribution is -2.50. The van der Waals surface area contributed by atoms with Crippen LogP contribution in [0.2, 0.25) is 0 Å². The zero-order valence-electron chi connectivity index (χ0n) is 22.2. The van der Waals surface area contributed by atoms with E-state index in [1.54, 1.807) is 20.9 Å². The summed E-state index contributed by atoms with van der Waals surface area (Å²) < 4.78 is 11.3. The molecule has 0 aliphatic heterocycles. The molecule has 0 aromatic carbocycles. The number of carbonyl (C=O) groups excluding carboxylic acids is 2. The number of carboxylic acid groups (broad SMARTS) is 1. The van der Waals surface area contributed by atoms with Gasteiger partial charge < -0.3 is 30.5 Å². The van der Waals surface area contributed by atoms with Gasteiger partial charge in [-0.05, 0) is 34.1 Å². The van der Waals surface area contributed by atoms with Crippen molar-refractivity contribution in [3.05, 3.63) is 0 Å². The number of carboxylic acids is 1. The van der Waals surface area contributed by atoms with Gasteiger partial charge in [-0.25, -0.2) is 0 Å². The molecule has 9 heteroatoms. The van der Waals surface area contributed by atoms with E-state index in [0.29, 0.717) is 0 Å². The first-order chi connectivity index (χ1) is 14.8. The minimum Gasteiger partial charge on any atom is -0.481 e. The summed E-state index contributed by atoms with van der Waals surface area (Å²) in [6.45, 7) is 19.6. The Hall–Kier alpha value is -1.71. The first-order valence-corrected chi connectivity index (χ1v) is 11.6. The quantitative estimate of drug-likeness (QED) is 0.292. The van der Waals surface area contributed by atoms with Gasteiger partial charge in [0.15, 0.2) is 0 Å². The van der Waals surface area contributed by atoms with Crippen molar-refractivity contribution in [2.24, 2.45) is 0 Å². The van der Waals surface area contributed by atoms with Gasteiger partial charge in [-0.3, -0.25) is 14.4 Å². The maximum absolute atomic E-state index is 12.4. The molecule has 0 aromatic rings. The molecular weight excluding hydrogens is 414 g/mol. The molecule has 0 saturated heterocycles. The number of carbonyl (C=O) groups is 3. The molecule has 0 heterocycles. The van der Waals surface area contributed by atoms with Crippen molar-refractivity contribution in [3.8, 4) is 0 Å². The lowest BCUT2D eigenvalue weighted by Gasteiger charge is -2.29. The molecule has 4 N–H and O–H groups in total. The van der Waals surface area contributed by atoms with Crippen molar-refractivity contribution in [3.63, 3.8) is 0 Å². The average Bonchev–Trinajstić information content (AvgIpc) is 2.74. The predicted molar refractivity (Wildman–Crippen MR) is 129 cm³/mol. The Kier molecular flexibility index (Phi) is 20.5. The van der Waals surface area contributed by atoms with Crippen molar-refractivity contribution >= 4 is 17.8 Å². The molecule has 1 unspecified atom stereocenters. The third-order valence-electron chi connectivity index (χ3n) is 4.00. The van der Waals surface area contributed by atoms with E-state index in [0.717, 1.165) is 0 Å². The van der Waals surface area contributed by atoms with Crippen LogP contribution in [0.25, 0.3) is 0 Å². The number of hydrogen-bond donors (Lipinski definition) is 4. The van der Waals surface area contributed by atoms with E-state index < -0.39 is 23.2 Å². The molecule has 0 radical (unpaired) electrons. The van der Waals surface area contributed by atoms with Crippen LogP contribution in [0.5, 0.6) is 0 Å². The highest BCUT2D eigenvalue weighted by molar-refractivity contribution is 5.84. The fourth-order valence-corrected chi connectivity index (χ4v) is 2.42. The fraction of sp³-hybridized carbons (Fsp3) is 0.870. The Bertz CT molecular complexity index is 522. The van der Waals surface area contributed by atoms with Crippen molar-refractivity contribution in [2.45, 2.75) is 105 Å². The van der Waals surface area contributed by atoms with E-state index in [4.69, 9.17) is 14.6 Å². The lowest BCUT2D eigenvalue weighted by molar-refractivity contribution is -0.146. The number of aliphatic carboxylic acids is 1. The van der Waals surface area contributed by atoms with Crippen molar-refractivity contribution in [1.82, 2.24) is 16.0 Å². The minimum atomic E-state index is -0.948. The maximum atomic E-state index is 12.4. The Labute approximate surface area is 195 Å². The zero-order chi connectivity index (χ0) is 26.0. The normalized spacial score (nSPS) is 12.0. The second-order valence-electron chi connectivity index (χ2n) is 8.07. The van der Waals surface area contributed by atoms with Gasteiger partial charge in [0, 0.05) is 26.1 Å². The molecule has 0 fully saturated rings. The van der Waals surface area contributed by atoms with E-state index in [9.17, 15) is 14.4 Å². The Morgan fingerprint density at radius 2 is 1.44 bits per heavy atom. The summed E-state index contributed by atoms with van der Waals surface area (Å²) in [7, 11) is 1.55. The van der Waals surface area contributed by atoms with E-state index in [2.05, 4.69) is 16.0 Å². The number of nitrogens with one attached hydrogen (secondary N) is 3. The van der Waals surface area contributed by atoms with Gasteiger partial charge in [-0.15, -0.1) is 0 Å². The van der Waals surface area contributed by atoms with Gasteiger partial charge in [-0.1, -0.05) is 41.5 Å². The van der Waals surface area contributed by atoms with Gasteiger partial charge >= 0.3 is 5.97 Å². The van der Waals surface area contributed by atoms with Crippen molar-refractivity contribution in [2.75, 3.05) is 26.8 Å². The SMILES string of the molecule is CC.CC.CNC(=O)C(C)(C)OCCOC(C)(C)CNC(=O)C(CCC(=O)O)NC(C)C. The van der Waals surface area contributed by atoms with Crippen LogP contribution >= 0.6 is 0 Å². The number of likely N-dealkylation sites (N-methyl/N-ethyl adjacent to an activating group) is 1. The molecule has 192 valence electrons. The minimum absolute atomic E-state index is 0.0506. The van der Waals surface area contributed by atoms with Gasteiger partial charge in [-0.2, -0.15) is 0 Å². The van der Waals surface area contributed by atoms with E-state index in [-0.39, 0.29) is 50.5 Å². The van der Waals surface area contributed by atoms with Crippen LogP contribution in [0, 0.1) is 0 Å². The topological polar surface area (TPSA) is 126 Å². The van der Waals surface area contributed by atoms with Gasteiger partial charge in [0.05, 0.1) is 24.9 Å². The molecule has 0 aromatic heterocycles. The first kappa shape index (κ1) is 34.9. The highest BCUT2D eigenvalue weighted by Gasteiger charge is 2.28. The Balaban J connectivity index is -0.00000198. The van der Waals surface area contributed by atoms with Crippen LogP contribution in [-0.4, -0.2) is 73.0 Å². The molecule has 0 bridgehead atoms. The summed E-state index contributed by atoms with van der Waals surface area (Å²) in [6, 6.07) is -0.529. The smallest absolute Gasteiger partial charge is 0.303 e. The molecule has 1 atom stereocenters. The molecule has 0 rings (SSSR count). The number of rotatable bonds is 14. The summed E-state index contributed by atoms with van der Waals surface area (Å²) in [5, 5.41) is 17.3. The van der Waals surface area contributed by atoms with Crippen LogP contribution in [0.3, 0.4) is 0 Å². The lowest BCUT2D eigenvalue weighted by atomic mass is 10.1. The molecular formula is C23H49N3O6. The van der Waals surface area contributed by atoms with E-state index >= 15 is 0 Å². The molecule has 0 spiro atoms. The van der Waals surface area contributed by atoms with Gasteiger partial charge in [0.1, 0.15) is 5.60 Å². The maximum Gasteiger partial charge on any atom is 0.303 e. The van der Waals surface area contributed by atoms with E-state index in [1.807, 2.05) is 55.4 Å². The Morgan fingerprint density at radius 1 is 0.938 bits per heavy atom. The summed E-state index contributed by atoms with van der Waals surface area (Å²) in [5.74, 6) is -1.42. The third-order valence-corrected chi connectivity index (χ3v) is 4.00. The standard InChI is InChI=1S/C19H37N3O6.2C2H6/c1-13(2)22-14(8-9-15(23)24)16(25)21-12-18(3,4)27-10-11-28-19(5,6)17(26)20-7;2*1-2/h13-14,22H,8-12H2,1-7H3,(H,20,26)(H,21,25)(H,23,24);2*1-2H3. The summed E-state index contributed by atoms with van der Waals surface area (Å²) in [5.41, 5.74) is -1.60. The predicted octanol–water partition coefficient (Wildman–Crippen LogP) is 2.72. The average molecular weight is 464 g/mol. The van der Waals surface area contributed by atoms with Crippen LogP contribution in [0.4, 0.5) is 0 Å². The first-order valence-electron chi connectivity index (χ1n) is 11.6. The fourth-order valence-electron chi connectivity index (χ4n) is 2.42. The summed E-state index contributed by atoms with van der Waals surface area (Å²) >= 11 is 0.